The Labute approximate surface area is 328 Å². The van der Waals surface area contributed by atoms with Crippen molar-refractivity contribution < 1.29 is 45.5 Å². The second-order valence-corrected chi connectivity index (χ2v) is 16.2. The summed E-state index contributed by atoms with van der Waals surface area (Å²) in [7, 11) is 0. The van der Waals surface area contributed by atoms with E-state index in [9.17, 15) is 56.0 Å². The van der Waals surface area contributed by atoms with Crippen LogP contribution in [0.25, 0.3) is 21.1 Å². The highest BCUT2D eigenvalue weighted by atomic mass is 32.2. The van der Waals surface area contributed by atoms with Crippen molar-refractivity contribution in [3.05, 3.63) is 93.7 Å². The first kappa shape index (κ1) is 38.7. The van der Waals surface area contributed by atoms with Gasteiger partial charge in [-0.2, -0.15) is 36.9 Å². The van der Waals surface area contributed by atoms with Gasteiger partial charge in [0.1, 0.15) is 22.2 Å². The van der Waals surface area contributed by atoms with Crippen LogP contribution in [0.1, 0.15) is 35.1 Å². The standard InChI is InChI=1S/C36H18F6N6O4S4/c37-35(38,39)21-11-23(25-3-1-9-53-25)45-31(19(21)15-43)55-27-13-29(49)47(33(27)51)17-5-7-18(8-6-17)48-30(50)14-28(34(48)52)56-32-20(16-44)22(36(40,41)42)12-24(46-32)26-4-2-10-54-26/h1-12,27-28H,13-14H2/t27-,28-/m1/s1. The molecule has 10 nitrogen and oxygen atoms in total. The van der Waals surface area contributed by atoms with Crippen LogP contribution in [0.5, 0.6) is 0 Å². The molecule has 2 aliphatic heterocycles. The minimum atomic E-state index is -4.92. The number of aromatic nitrogens is 2. The number of thioether (sulfide) groups is 2. The highest BCUT2D eigenvalue weighted by Crippen LogP contribution is 2.44. The molecule has 2 fully saturated rings. The molecule has 0 spiro atoms. The number of pyridine rings is 2. The molecule has 0 radical (unpaired) electrons. The highest BCUT2D eigenvalue weighted by Gasteiger charge is 2.45. The van der Waals surface area contributed by atoms with Gasteiger partial charge < -0.3 is 0 Å². The molecule has 56 heavy (non-hydrogen) atoms. The number of halogens is 6. The first-order chi connectivity index (χ1) is 26.6. The number of amides is 4. The van der Waals surface area contributed by atoms with E-state index in [2.05, 4.69) is 9.97 Å². The van der Waals surface area contributed by atoms with Crippen molar-refractivity contribution in [1.29, 1.82) is 10.5 Å². The molecular weight excluding hydrogens is 823 g/mol. The first-order valence-corrected chi connectivity index (χ1v) is 19.4. The molecule has 7 rings (SSSR count). The normalized spacial score (nSPS) is 17.5. The smallest absolute Gasteiger partial charge is 0.274 e. The van der Waals surface area contributed by atoms with Crippen LogP contribution >= 0.6 is 46.2 Å². The zero-order chi connectivity index (χ0) is 40.1. The summed E-state index contributed by atoms with van der Waals surface area (Å²) in [4.78, 5) is 64.2. The zero-order valence-electron chi connectivity index (χ0n) is 27.7. The second-order valence-electron chi connectivity index (χ2n) is 11.9. The van der Waals surface area contributed by atoms with Crippen LogP contribution in [0.3, 0.4) is 0 Å². The molecule has 4 aromatic heterocycles. The van der Waals surface area contributed by atoms with Crippen molar-refractivity contribution >= 4 is 81.2 Å². The largest absolute Gasteiger partial charge is 0.417 e. The summed E-state index contributed by atoms with van der Waals surface area (Å²) < 4.78 is 84.1. The third kappa shape index (κ3) is 7.28. The summed E-state index contributed by atoms with van der Waals surface area (Å²) in [5.41, 5.74) is -4.17. The number of rotatable bonds is 8. The molecule has 6 heterocycles. The maximum Gasteiger partial charge on any atom is 0.417 e. The van der Waals surface area contributed by atoms with Crippen LogP contribution < -0.4 is 9.80 Å². The van der Waals surface area contributed by atoms with Gasteiger partial charge in [-0.25, -0.2) is 19.8 Å². The molecule has 4 amide bonds. The number of carbonyl (C=O) groups is 4. The van der Waals surface area contributed by atoms with Gasteiger partial charge in [0.25, 0.3) is 0 Å². The molecule has 2 atom stereocenters. The van der Waals surface area contributed by atoms with E-state index in [0.717, 1.165) is 44.6 Å². The minimum Gasteiger partial charge on any atom is -0.274 e. The van der Waals surface area contributed by atoms with E-state index in [1.165, 1.54) is 36.4 Å². The Morgan fingerprint density at radius 1 is 0.643 bits per heavy atom. The molecule has 0 N–H and O–H groups in total. The number of alkyl halides is 6. The molecule has 1 aromatic carbocycles. The van der Waals surface area contributed by atoms with E-state index in [-0.39, 0.29) is 32.8 Å². The Hall–Kier alpha value is -5.54. The minimum absolute atomic E-state index is 0.0154. The summed E-state index contributed by atoms with van der Waals surface area (Å²) in [6, 6.07) is 16.0. The quantitative estimate of drug-likeness (QED) is 0.110. The molecule has 0 saturated carbocycles. The van der Waals surface area contributed by atoms with Crippen molar-refractivity contribution in [3.8, 4) is 33.3 Å². The SMILES string of the molecule is N#Cc1c(C(F)(F)F)cc(-c2cccs2)nc1S[C@@H]1CC(=O)N(c2ccc(N3C(=O)C[C@@H](Sc4nc(-c5cccs5)cc(C(F)(F)F)c4C#N)C3=O)cc2)C1=O. The van der Waals surface area contributed by atoms with Gasteiger partial charge in [-0.3, -0.25) is 19.2 Å². The van der Waals surface area contributed by atoms with Crippen molar-refractivity contribution in [2.75, 3.05) is 9.80 Å². The predicted octanol–water partition coefficient (Wildman–Crippen LogP) is 8.56. The van der Waals surface area contributed by atoms with Gasteiger partial charge in [-0.05, 0) is 59.3 Å². The topological polar surface area (TPSA) is 148 Å². The van der Waals surface area contributed by atoms with Crippen LogP contribution in [0.2, 0.25) is 0 Å². The van der Waals surface area contributed by atoms with Gasteiger partial charge in [0.15, 0.2) is 0 Å². The van der Waals surface area contributed by atoms with Crippen LogP contribution in [0.4, 0.5) is 37.7 Å². The number of thiophene rings is 2. The third-order valence-electron chi connectivity index (χ3n) is 8.44. The van der Waals surface area contributed by atoms with Gasteiger partial charge in [0.05, 0.1) is 65.3 Å². The van der Waals surface area contributed by atoms with E-state index in [4.69, 9.17) is 0 Å². The van der Waals surface area contributed by atoms with Crippen LogP contribution in [0.15, 0.2) is 81.5 Å². The fourth-order valence-corrected chi connectivity index (χ4v) is 9.56. The second kappa shape index (κ2) is 14.8. The monoisotopic (exact) mass is 840 g/mol. The Bertz CT molecular complexity index is 2320. The number of benzene rings is 1. The zero-order valence-corrected chi connectivity index (χ0v) is 31.0. The molecular formula is C36H18F6N6O4S4. The number of nitrogens with zero attached hydrogens (tertiary/aromatic N) is 6. The lowest BCUT2D eigenvalue weighted by Crippen LogP contribution is -2.32. The number of hydrogen-bond acceptors (Lipinski definition) is 12. The lowest BCUT2D eigenvalue weighted by Gasteiger charge is -2.19. The van der Waals surface area contributed by atoms with E-state index in [1.54, 1.807) is 35.0 Å². The van der Waals surface area contributed by atoms with E-state index >= 15 is 0 Å². The molecule has 0 unspecified atom stereocenters. The molecule has 5 aromatic rings. The van der Waals surface area contributed by atoms with Crippen molar-refractivity contribution in [3.63, 3.8) is 0 Å². The molecule has 2 saturated heterocycles. The number of hydrogen-bond donors (Lipinski definition) is 0. The van der Waals surface area contributed by atoms with Crippen LogP contribution in [-0.4, -0.2) is 44.1 Å². The maximum absolute atomic E-state index is 14.0. The summed E-state index contributed by atoms with van der Waals surface area (Å²) in [6.45, 7) is 0. The number of anilines is 2. The number of nitriles is 2. The molecule has 20 heteroatoms. The molecule has 2 aliphatic rings. The van der Waals surface area contributed by atoms with Crippen LogP contribution in [0, 0.1) is 22.7 Å². The van der Waals surface area contributed by atoms with E-state index in [1.807, 2.05) is 0 Å². The van der Waals surface area contributed by atoms with Gasteiger partial charge in [-0.1, -0.05) is 35.7 Å². The third-order valence-corrected chi connectivity index (χ3v) is 12.6. The molecule has 0 aliphatic carbocycles. The van der Waals surface area contributed by atoms with Gasteiger partial charge in [0, 0.05) is 12.8 Å². The van der Waals surface area contributed by atoms with Crippen molar-refractivity contribution in [2.24, 2.45) is 0 Å². The van der Waals surface area contributed by atoms with Gasteiger partial charge in [-0.15, -0.1) is 22.7 Å². The lowest BCUT2D eigenvalue weighted by molar-refractivity contribution is -0.138. The average molecular weight is 841 g/mol. The Morgan fingerprint density at radius 3 is 1.32 bits per heavy atom. The van der Waals surface area contributed by atoms with Gasteiger partial charge in [0.2, 0.25) is 23.6 Å². The number of carbonyl (C=O) groups excluding carboxylic acids is 4. The Morgan fingerprint density at radius 2 is 1.02 bits per heavy atom. The number of imide groups is 2. The Kier molecular flexibility index (Phi) is 10.3. The highest BCUT2D eigenvalue weighted by molar-refractivity contribution is 8.01. The lowest BCUT2D eigenvalue weighted by atomic mass is 10.1. The maximum atomic E-state index is 14.0. The first-order valence-electron chi connectivity index (χ1n) is 15.9. The van der Waals surface area contributed by atoms with Crippen molar-refractivity contribution in [1.82, 2.24) is 9.97 Å². The van der Waals surface area contributed by atoms with Gasteiger partial charge >= 0.3 is 12.4 Å². The fraction of sp³-hybridized carbons (Fsp3) is 0.167. The van der Waals surface area contributed by atoms with E-state index in [0.29, 0.717) is 33.3 Å². The fourth-order valence-electron chi connectivity index (χ4n) is 5.93. The Balaban J connectivity index is 1.11. The van der Waals surface area contributed by atoms with E-state index < -0.39 is 81.6 Å². The summed E-state index contributed by atoms with van der Waals surface area (Å²) in [6.07, 6.45) is -10.7. The predicted molar refractivity (Wildman–Crippen MR) is 194 cm³/mol. The van der Waals surface area contributed by atoms with Crippen molar-refractivity contribution in [2.45, 2.75) is 45.7 Å². The summed E-state index contributed by atoms with van der Waals surface area (Å²) in [5.74, 6) is -3.03. The average Bonchev–Trinajstić information content (AvgIpc) is 3.97. The molecule has 282 valence electrons. The molecule has 0 bridgehead atoms. The summed E-state index contributed by atoms with van der Waals surface area (Å²) >= 11 is 3.36. The van der Waals surface area contributed by atoms with Crippen LogP contribution in [-0.2, 0) is 31.5 Å². The summed E-state index contributed by atoms with van der Waals surface area (Å²) in [5, 5.41) is 19.4.